The molecule has 0 saturated heterocycles. The zero-order chi connectivity index (χ0) is 27.9. The summed E-state index contributed by atoms with van der Waals surface area (Å²) in [6.45, 7) is 4.59. The van der Waals surface area contributed by atoms with Gasteiger partial charge in [0.15, 0.2) is 10.8 Å². The van der Waals surface area contributed by atoms with Gasteiger partial charge in [-0.3, -0.25) is 0 Å². The van der Waals surface area contributed by atoms with Gasteiger partial charge >= 0.3 is 35.5 Å². The van der Waals surface area contributed by atoms with Gasteiger partial charge in [0, 0.05) is 5.38 Å². The SMILES string of the molecule is CC(C)(C)OC(=O)CON=C(C(=O)[O-])c1csc(NC(c2ccccc2)(c2ccccc2)c2ccccc2)n1.[Na+]. The Morgan fingerprint density at radius 3 is 1.77 bits per heavy atom. The minimum atomic E-state index is -1.59. The van der Waals surface area contributed by atoms with Gasteiger partial charge in [0.05, 0.1) is 5.97 Å². The molecule has 10 heteroatoms. The van der Waals surface area contributed by atoms with Crippen LogP contribution in [0.15, 0.2) is 102 Å². The summed E-state index contributed by atoms with van der Waals surface area (Å²) in [5.41, 5.74) is 0.850. The van der Waals surface area contributed by atoms with E-state index in [1.165, 1.54) is 11.3 Å². The van der Waals surface area contributed by atoms with Crippen molar-refractivity contribution in [2.24, 2.45) is 5.16 Å². The first-order valence-corrected chi connectivity index (χ1v) is 13.1. The molecule has 40 heavy (non-hydrogen) atoms. The summed E-state index contributed by atoms with van der Waals surface area (Å²) in [6.07, 6.45) is 0. The summed E-state index contributed by atoms with van der Waals surface area (Å²) in [5.74, 6) is -2.26. The first-order chi connectivity index (χ1) is 18.7. The van der Waals surface area contributed by atoms with Crippen LogP contribution in [0.1, 0.15) is 43.2 Å². The van der Waals surface area contributed by atoms with E-state index in [2.05, 4.69) is 15.5 Å². The van der Waals surface area contributed by atoms with Crippen molar-refractivity contribution in [2.45, 2.75) is 31.9 Å². The average Bonchev–Trinajstić information content (AvgIpc) is 3.38. The van der Waals surface area contributed by atoms with E-state index in [9.17, 15) is 14.7 Å². The van der Waals surface area contributed by atoms with Gasteiger partial charge in [-0.25, -0.2) is 9.78 Å². The molecular weight excluding hydrogens is 537 g/mol. The number of ether oxygens (including phenoxy) is 1. The van der Waals surface area contributed by atoms with Gasteiger partial charge in [0.1, 0.15) is 16.8 Å². The van der Waals surface area contributed by atoms with E-state index >= 15 is 0 Å². The van der Waals surface area contributed by atoms with Crippen molar-refractivity contribution in [2.75, 3.05) is 11.9 Å². The van der Waals surface area contributed by atoms with Crippen molar-refractivity contribution in [3.05, 3.63) is 119 Å². The third-order valence-electron chi connectivity index (χ3n) is 5.61. The van der Waals surface area contributed by atoms with Gasteiger partial charge in [-0.15, -0.1) is 11.3 Å². The van der Waals surface area contributed by atoms with Crippen molar-refractivity contribution in [3.63, 3.8) is 0 Å². The molecule has 4 rings (SSSR count). The van der Waals surface area contributed by atoms with Crippen LogP contribution in [0.4, 0.5) is 5.13 Å². The normalized spacial score (nSPS) is 11.7. The quantitative estimate of drug-likeness (QED) is 0.102. The zero-order valence-corrected chi connectivity index (χ0v) is 25.6. The number of carbonyl (C=O) groups excluding carboxylic acids is 2. The Labute approximate surface area is 259 Å². The summed E-state index contributed by atoms with van der Waals surface area (Å²) >= 11 is 1.21. The molecule has 1 heterocycles. The second kappa shape index (κ2) is 13.7. The first-order valence-electron chi connectivity index (χ1n) is 12.2. The van der Waals surface area contributed by atoms with Crippen molar-refractivity contribution < 1.29 is 53.8 Å². The molecule has 0 spiro atoms. The maximum Gasteiger partial charge on any atom is 1.00 e. The number of carboxylic acid groups (broad SMARTS) is 1. The number of carboxylic acids is 1. The molecule has 0 amide bonds. The minimum absolute atomic E-state index is 0. The van der Waals surface area contributed by atoms with Crippen LogP contribution in [-0.2, 0) is 24.7 Å². The third kappa shape index (κ3) is 7.57. The number of aromatic nitrogens is 1. The van der Waals surface area contributed by atoms with Gasteiger partial charge in [0.2, 0.25) is 6.61 Å². The fourth-order valence-corrected chi connectivity index (χ4v) is 4.84. The van der Waals surface area contributed by atoms with Crippen LogP contribution in [-0.4, -0.2) is 34.8 Å². The Morgan fingerprint density at radius 1 is 0.875 bits per heavy atom. The molecule has 0 radical (unpaired) electrons. The number of oxime groups is 1. The van der Waals surface area contributed by atoms with Crippen LogP contribution in [0, 0.1) is 0 Å². The van der Waals surface area contributed by atoms with Gasteiger partial charge in [-0.2, -0.15) is 0 Å². The summed E-state index contributed by atoms with van der Waals surface area (Å²) in [7, 11) is 0. The number of benzene rings is 3. The maximum atomic E-state index is 11.9. The number of esters is 1. The number of hydrogen-bond donors (Lipinski definition) is 1. The number of nitrogens with zero attached hydrogens (tertiary/aromatic N) is 2. The van der Waals surface area contributed by atoms with Crippen LogP contribution < -0.4 is 40.0 Å². The largest absolute Gasteiger partial charge is 1.00 e. The molecule has 4 aromatic rings. The number of carbonyl (C=O) groups is 2. The fourth-order valence-electron chi connectivity index (χ4n) is 4.09. The summed E-state index contributed by atoms with van der Waals surface area (Å²) in [6, 6.07) is 29.8. The number of nitrogens with one attached hydrogen (secondary N) is 1. The van der Waals surface area contributed by atoms with E-state index in [1.807, 2.05) is 91.0 Å². The van der Waals surface area contributed by atoms with Gasteiger partial charge in [-0.1, -0.05) is 96.2 Å². The Balaban J connectivity index is 0.00000441. The molecule has 0 fully saturated rings. The summed E-state index contributed by atoms with van der Waals surface area (Å²) in [5, 5.41) is 21.1. The van der Waals surface area contributed by atoms with Crippen molar-refractivity contribution in [1.82, 2.24) is 4.98 Å². The Kier molecular flexibility index (Phi) is 10.6. The predicted molar refractivity (Wildman–Crippen MR) is 148 cm³/mol. The van der Waals surface area contributed by atoms with E-state index in [1.54, 1.807) is 26.2 Å². The molecule has 0 bridgehead atoms. The molecule has 0 unspecified atom stereocenters. The standard InChI is InChI=1S/C30H29N3O5S.Na/c1-29(2,3)38-25(34)19-37-33-26(27(35)36)24-20-39-28(31-24)32-30(21-13-7-4-8-14-21,22-15-9-5-10-16-22)23-17-11-6-12-18-23;/h4-18,20H,19H2,1-3H3,(H,31,32)(H,35,36);/q;+1/p-1. The maximum absolute atomic E-state index is 11.9. The van der Waals surface area contributed by atoms with Gasteiger partial charge in [0.25, 0.3) is 0 Å². The van der Waals surface area contributed by atoms with E-state index in [0.717, 1.165) is 16.7 Å². The van der Waals surface area contributed by atoms with Crippen molar-refractivity contribution >= 4 is 34.1 Å². The van der Waals surface area contributed by atoms with Gasteiger partial charge < -0.3 is 24.8 Å². The van der Waals surface area contributed by atoms with Crippen LogP contribution in [0.2, 0.25) is 0 Å². The second-order valence-corrected chi connectivity index (χ2v) is 10.5. The topological polar surface area (TPSA) is 113 Å². The number of thiazole rings is 1. The second-order valence-electron chi connectivity index (χ2n) is 9.60. The number of aliphatic carboxylic acids is 1. The Bertz CT molecular complexity index is 1340. The molecule has 0 aliphatic carbocycles. The minimum Gasteiger partial charge on any atom is -0.543 e. The van der Waals surface area contributed by atoms with Crippen LogP contribution in [0.5, 0.6) is 0 Å². The smallest absolute Gasteiger partial charge is 0.543 e. The van der Waals surface area contributed by atoms with E-state index in [4.69, 9.17) is 9.57 Å². The van der Waals surface area contributed by atoms with E-state index in [0.29, 0.717) is 5.13 Å². The van der Waals surface area contributed by atoms with Gasteiger partial charge in [-0.05, 0) is 37.5 Å². The Morgan fingerprint density at radius 2 is 1.35 bits per heavy atom. The molecular formula is C30H28N3NaO5S. The third-order valence-corrected chi connectivity index (χ3v) is 6.37. The molecule has 1 N–H and O–H groups in total. The number of hydrogen-bond acceptors (Lipinski definition) is 9. The summed E-state index contributed by atoms with van der Waals surface area (Å²) < 4.78 is 5.15. The van der Waals surface area contributed by atoms with Crippen molar-refractivity contribution in [1.29, 1.82) is 0 Å². The van der Waals surface area contributed by atoms with Crippen LogP contribution in [0.25, 0.3) is 0 Å². The average molecular weight is 566 g/mol. The summed E-state index contributed by atoms with van der Waals surface area (Å²) in [4.78, 5) is 33.3. The van der Waals surface area contributed by atoms with E-state index < -0.39 is 35.4 Å². The zero-order valence-electron chi connectivity index (χ0n) is 22.8. The van der Waals surface area contributed by atoms with Crippen LogP contribution >= 0.6 is 11.3 Å². The van der Waals surface area contributed by atoms with Crippen LogP contribution in [0.3, 0.4) is 0 Å². The molecule has 0 aliphatic heterocycles. The number of rotatable bonds is 10. The molecule has 8 nitrogen and oxygen atoms in total. The fraction of sp³-hybridized carbons (Fsp3) is 0.200. The molecule has 3 aromatic carbocycles. The molecule has 0 atom stereocenters. The molecule has 0 aliphatic rings. The van der Waals surface area contributed by atoms with E-state index in [-0.39, 0.29) is 35.3 Å². The monoisotopic (exact) mass is 565 g/mol. The molecule has 1 aromatic heterocycles. The first kappa shape index (κ1) is 31.0. The van der Waals surface area contributed by atoms with Crippen molar-refractivity contribution in [3.8, 4) is 0 Å². The number of anilines is 1. The predicted octanol–water partition coefficient (Wildman–Crippen LogP) is 1.36. The Hall–Kier alpha value is -3.50. The molecule has 200 valence electrons. The molecule has 0 saturated carbocycles.